The van der Waals surface area contributed by atoms with Crippen molar-refractivity contribution in [2.45, 2.75) is 26.7 Å². The van der Waals surface area contributed by atoms with E-state index in [1.807, 2.05) is 13.8 Å². The summed E-state index contributed by atoms with van der Waals surface area (Å²) < 4.78 is 26.1. The Kier molecular flexibility index (Phi) is 3.84. The Morgan fingerprint density at radius 3 is 2.79 bits per heavy atom. The summed E-state index contributed by atoms with van der Waals surface area (Å²) in [6.07, 6.45) is 5.81. The molecule has 0 heterocycles. The molecule has 0 aromatic rings. The molecule has 0 saturated heterocycles. The Morgan fingerprint density at radius 1 is 1.43 bits per heavy atom. The van der Waals surface area contributed by atoms with Crippen LogP contribution in [0.25, 0.3) is 0 Å². The molecule has 0 aromatic carbocycles. The third-order valence-corrected chi connectivity index (χ3v) is 2.27. The van der Waals surface area contributed by atoms with Gasteiger partial charge in [0.2, 0.25) is 0 Å². The summed E-state index contributed by atoms with van der Waals surface area (Å²) in [7, 11) is 0. The van der Waals surface area contributed by atoms with E-state index in [0.29, 0.717) is 5.57 Å². The summed E-state index contributed by atoms with van der Waals surface area (Å²) in [5, 5.41) is 0. The van der Waals surface area contributed by atoms with Crippen molar-refractivity contribution in [3.8, 4) is 0 Å². The van der Waals surface area contributed by atoms with Crippen molar-refractivity contribution in [3.63, 3.8) is 0 Å². The van der Waals surface area contributed by atoms with E-state index in [9.17, 15) is 8.78 Å². The van der Waals surface area contributed by atoms with Crippen molar-refractivity contribution in [2.75, 3.05) is 0 Å². The van der Waals surface area contributed by atoms with Gasteiger partial charge in [0.05, 0.1) is 0 Å². The third kappa shape index (κ3) is 2.68. The Bertz CT molecular complexity index is 328. The number of hydrogen-bond acceptors (Lipinski definition) is 0. The molecule has 0 unspecified atom stereocenters. The monoisotopic (exact) mass is 196 g/mol. The van der Waals surface area contributed by atoms with Crippen molar-refractivity contribution < 1.29 is 8.78 Å². The van der Waals surface area contributed by atoms with Gasteiger partial charge in [0, 0.05) is 6.08 Å². The molecule has 0 nitrogen and oxygen atoms in total. The van der Waals surface area contributed by atoms with Crippen LogP contribution in [0.2, 0.25) is 0 Å². The van der Waals surface area contributed by atoms with E-state index in [1.165, 1.54) is 6.08 Å². The first-order valence-electron chi connectivity index (χ1n) is 4.85. The van der Waals surface area contributed by atoms with Crippen LogP contribution in [-0.2, 0) is 0 Å². The van der Waals surface area contributed by atoms with Crippen LogP contribution in [0.3, 0.4) is 0 Å². The average Bonchev–Trinajstić information content (AvgIpc) is 2.27. The molecule has 0 saturated carbocycles. The molecule has 14 heavy (non-hydrogen) atoms. The summed E-state index contributed by atoms with van der Waals surface area (Å²) in [4.78, 5) is 0. The molecule has 0 N–H and O–H groups in total. The second-order valence-corrected chi connectivity index (χ2v) is 3.46. The van der Waals surface area contributed by atoms with Crippen molar-refractivity contribution >= 4 is 0 Å². The molecule has 0 radical (unpaired) electrons. The summed E-state index contributed by atoms with van der Waals surface area (Å²) >= 11 is 0. The minimum atomic E-state index is -0.655. The van der Waals surface area contributed by atoms with E-state index in [1.54, 1.807) is 6.08 Å². The largest absolute Gasteiger partial charge is 0.207 e. The van der Waals surface area contributed by atoms with Crippen LogP contribution < -0.4 is 0 Å². The predicted molar refractivity (Wildman–Crippen MR) is 54.1 cm³/mol. The third-order valence-electron chi connectivity index (χ3n) is 2.27. The fourth-order valence-electron chi connectivity index (χ4n) is 1.52. The standard InChI is InChI=1S/C12H14F2/c1-3-5-9(2)11-7-4-6-10(13)8-12(11)14/h4,7-9H,3,5H2,1-2H3/t9-/m0/s1. The van der Waals surface area contributed by atoms with Gasteiger partial charge in [-0.1, -0.05) is 26.0 Å². The van der Waals surface area contributed by atoms with E-state index in [4.69, 9.17) is 0 Å². The maximum absolute atomic E-state index is 13.4. The fraction of sp³-hybridized carbons (Fsp3) is 0.417. The van der Waals surface area contributed by atoms with Crippen LogP contribution in [0.4, 0.5) is 8.78 Å². The maximum Gasteiger partial charge on any atom is 0.168 e. The molecule has 1 rings (SSSR count). The molecule has 2 heteroatoms. The maximum atomic E-state index is 13.4. The minimum absolute atomic E-state index is 0.125. The molecule has 0 aliphatic heterocycles. The molecular formula is C12H14F2. The normalized spacial score (nSPS) is 18.1. The first-order chi connectivity index (χ1) is 6.65. The summed E-state index contributed by atoms with van der Waals surface area (Å²) in [6.45, 7) is 3.99. The zero-order valence-corrected chi connectivity index (χ0v) is 8.48. The molecular weight excluding hydrogens is 182 g/mol. The van der Waals surface area contributed by atoms with E-state index in [0.717, 1.165) is 18.9 Å². The Balaban J connectivity index is 2.87. The van der Waals surface area contributed by atoms with Gasteiger partial charge in [-0.05, 0) is 30.1 Å². The molecule has 1 aliphatic carbocycles. The van der Waals surface area contributed by atoms with Gasteiger partial charge < -0.3 is 0 Å². The second kappa shape index (κ2) is 4.92. The number of allylic oxidation sites excluding steroid dienone is 5. The lowest BCUT2D eigenvalue weighted by Gasteiger charge is -2.12. The first kappa shape index (κ1) is 10.9. The lowest BCUT2D eigenvalue weighted by atomic mass is 9.95. The highest BCUT2D eigenvalue weighted by atomic mass is 19.1. The van der Waals surface area contributed by atoms with Crippen molar-refractivity contribution in [2.24, 2.45) is 5.92 Å². The van der Waals surface area contributed by atoms with Gasteiger partial charge in [-0.2, -0.15) is 4.39 Å². The Morgan fingerprint density at radius 2 is 2.14 bits per heavy atom. The molecule has 1 aliphatic rings. The topological polar surface area (TPSA) is 0 Å². The number of hydrogen-bond donors (Lipinski definition) is 0. The van der Waals surface area contributed by atoms with Crippen LogP contribution >= 0.6 is 0 Å². The first-order valence-corrected chi connectivity index (χ1v) is 4.85. The SMILES string of the molecule is CCC[C@H](C)C1=CC=C=C(F)C=C1F. The minimum Gasteiger partial charge on any atom is -0.207 e. The van der Waals surface area contributed by atoms with Crippen LogP contribution in [0.5, 0.6) is 0 Å². The van der Waals surface area contributed by atoms with E-state index < -0.39 is 11.7 Å². The van der Waals surface area contributed by atoms with Crippen molar-refractivity contribution in [3.05, 3.63) is 41.2 Å². The van der Waals surface area contributed by atoms with Crippen LogP contribution in [0.15, 0.2) is 41.2 Å². The van der Waals surface area contributed by atoms with Gasteiger partial charge in [0.15, 0.2) is 5.83 Å². The zero-order chi connectivity index (χ0) is 10.6. The summed E-state index contributed by atoms with van der Waals surface area (Å²) in [5.41, 5.74) is 2.90. The van der Waals surface area contributed by atoms with E-state index in [2.05, 4.69) is 5.73 Å². The Labute approximate surface area is 83.3 Å². The lowest BCUT2D eigenvalue weighted by molar-refractivity contribution is 0.548. The molecule has 0 bridgehead atoms. The Hall–Kier alpha value is -1.14. The molecule has 1 atom stereocenters. The number of rotatable bonds is 3. The summed E-state index contributed by atoms with van der Waals surface area (Å²) in [6, 6.07) is 0. The lowest BCUT2D eigenvalue weighted by Crippen LogP contribution is -1.99. The highest BCUT2D eigenvalue weighted by Gasteiger charge is 2.13. The highest BCUT2D eigenvalue weighted by molar-refractivity contribution is 5.37. The fourth-order valence-corrected chi connectivity index (χ4v) is 1.52. The van der Waals surface area contributed by atoms with Gasteiger partial charge in [-0.15, -0.1) is 0 Å². The smallest absolute Gasteiger partial charge is 0.168 e. The molecule has 0 fully saturated rings. The predicted octanol–water partition coefficient (Wildman–Crippen LogP) is 4.22. The van der Waals surface area contributed by atoms with Crippen molar-refractivity contribution in [1.29, 1.82) is 0 Å². The van der Waals surface area contributed by atoms with Gasteiger partial charge in [-0.25, -0.2) is 4.39 Å². The zero-order valence-electron chi connectivity index (χ0n) is 8.48. The van der Waals surface area contributed by atoms with Crippen LogP contribution in [-0.4, -0.2) is 0 Å². The molecule has 0 amide bonds. The highest BCUT2D eigenvalue weighted by Crippen LogP contribution is 2.27. The molecule has 0 aromatic heterocycles. The van der Waals surface area contributed by atoms with Crippen molar-refractivity contribution in [1.82, 2.24) is 0 Å². The van der Waals surface area contributed by atoms with Crippen LogP contribution in [0, 0.1) is 5.92 Å². The van der Waals surface area contributed by atoms with Gasteiger partial charge in [-0.3, -0.25) is 0 Å². The molecule has 76 valence electrons. The van der Waals surface area contributed by atoms with E-state index in [-0.39, 0.29) is 5.92 Å². The average molecular weight is 196 g/mol. The second-order valence-electron chi connectivity index (χ2n) is 3.46. The quantitative estimate of drug-likeness (QED) is 0.593. The van der Waals surface area contributed by atoms with E-state index >= 15 is 0 Å². The van der Waals surface area contributed by atoms with Gasteiger partial charge >= 0.3 is 0 Å². The van der Waals surface area contributed by atoms with Crippen LogP contribution in [0.1, 0.15) is 26.7 Å². The summed E-state index contributed by atoms with van der Waals surface area (Å²) in [5.74, 6) is -1.01. The van der Waals surface area contributed by atoms with Gasteiger partial charge in [0.1, 0.15) is 5.83 Å². The van der Waals surface area contributed by atoms with Gasteiger partial charge in [0.25, 0.3) is 0 Å². The molecule has 0 spiro atoms. The number of halogens is 2.